The topological polar surface area (TPSA) is 21.3 Å². The van der Waals surface area contributed by atoms with Crippen molar-refractivity contribution in [1.29, 1.82) is 0 Å². The highest BCUT2D eigenvalue weighted by atomic mass is 16.3. The number of nitrogens with zero attached hydrogens (tertiary/aromatic N) is 2. The predicted octanol–water partition coefficient (Wildman–Crippen LogP) is 17.7. The first-order chi connectivity index (χ1) is 33.2. The maximum atomic E-state index is 6.28. The lowest BCUT2D eigenvalue weighted by atomic mass is 9.92. The molecule has 0 saturated heterocycles. The van der Waals surface area contributed by atoms with Gasteiger partial charge in [0, 0.05) is 44.3 Å². The minimum atomic E-state index is 0.911. The highest BCUT2D eigenvalue weighted by Gasteiger charge is 2.22. The van der Waals surface area contributed by atoms with E-state index in [0.29, 0.717) is 0 Å². The molecule has 0 fully saturated rings. The number of anilines is 2. The maximum Gasteiger partial charge on any atom is 0.135 e. The molecule has 0 radical (unpaired) electrons. The summed E-state index contributed by atoms with van der Waals surface area (Å²) < 4.78 is 8.67. The molecule has 67 heavy (non-hydrogen) atoms. The zero-order chi connectivity index (χ0) is 44.3. The Balaban J connectivity index is 0.905. The number of para-hydroxylation sites is 3. The van der Waals surface area contributed by atoms with E-state index in [2.05, 4.69) is 246 Å². The van der Waals surface area contributed by atoms with Crippen molar-refractivity contribution in [2.45, 2.75) is 12.8 Å². The van der Waals surface area contributed by atoms with Crippen LogP contribution in [0.4, 0.5) is 11.4 Å². The van der Waals surface area contributed by atoms with Gasteiger partial charge in [-0.2, -0.15) is 0 Å². The molecule has 0 amide bonds. The minimum Gasteiger partial charge on any atom is -0.456 e. The van der Waals surface area contributed by atoms with E-state index >= 15 is 0 Å². The molecular weight excluding hydrogens is 813 g/mol. The summed E-state index contributed by atoms with van der Waals surface area (Å²) in [5, 5.41) is 7.31. The van der Waals surface area contributed by atoms with Gasteiger partial charge in [0.05, 0.1) is 11.0 Å². The summed E-state index contributed by atoms with van der Waals surface area (Å²) in [5.41, 5.74) is 18.4. The maximum absolute atomic E-state index is 6.28. The van der Waals surface area contributed by atoms with E-state index in [1.54, 1.807) is 0 Å². The van der Waals surface area contributed by atoms with Gasteiger partial charge in [0.25, 0.3) is 0 Å². The van der Waals surface area contributed by atoms with E-state index in [-0.39, 0.29) is 0 Å². The van der Waals surface area contributed by atoms with Crippen LogP contribution in [0, 0.1) is 0 Å². The summed E-state index contributed by atoms with van der Waals surface area (Å²) in [7, 11) is 0. The molecule has 0 unspecified atom stereocenters. The first kappa shape index (κ1) is 38.8. The lowest BCUT2D eigenvalue weighted by Crippen LogP contribution is -2.18. The number of allylic oxidation sites excluding steroid dienone is 3. The number of benzene rings is 10. The number of fused-ring (bicyclic) bond motifs is 7. The van der Waals surface area contributed by atoms with Gasteiger partial charge in [-0.1, -0.05) is 158 Å². The van der Waals surface area contributed by atoms with Crippen LogP contribution in [0.15, 0.2) is 253 Å². The first-order valence-corrected chi connectivity index (χ1v) is 23.2. The predicted molar refractivity (Wildman–Crippen MR) is 282 cm³/mol. The van der Waals surface area contributed by atoms with Crippen molar-refractivity contribution in [2.24, 2.45) is 0 Å². The third-order valence-electron chi connectivity index (χ3n) is 13.7. The highest BCUT2D eigenvalue weighted by molar-refractivity contribution is 6.09. The van der Waals surface area contributed by atoms with Crippen molar-refractivity contribution in [3.05, 3.63) is 254 Å². The average Bonchev–Trinajstić information content (AvgIpc) is 3.95. The molecule has 12 aromatic rings. The van der Waals surface area contributed by atoms with Gasteiger partial charge in [-0.25, -0.2) is 0 Å². The van der Waals surface area contributed by atoms with Crippen LogP contribution in [0.1, 0.15) is 18.4 Å². The quantitative estimate of drug-likeness (QED) is 0.152. The average molecular weight is 857 g/mol. The largest absolute Gasteiger partial charge is 0.456 e. The van der Waals surface area contributed by atoms with Gasteiger partial charge in [-0.3, -0.25) is 0 Å². The van der Waals surface area contributed by atoms with Crippen molar-refractivity contribution in [3.8, 4) is 39.1 Å². The van der Waals surface area contributed by atoms with Crippen LogP contribution in [-0.2, 0) is 0 Å². The SMILES string of the molecule is C1=CC(N(c2ccc(-c3cccc(-c4ccc5ccccc5c4)c3)cc2)c2ccc(-c3cccc(-n4c5ccccc5c5ccccc54)c3)cc2)=C(c2ccc3oc4ccccc4c3c2)CC1. The van der Waals surface area contributed by atoms with Crippen LogP contribution in [0.2, 0.25) is 0 Å². The molecule has 0 spiro atoms. The van der Waals surface area contributed by atoms with Gasteiger partial charge >= 0.3 is 0 Å². The van der Waals surface area contributed by atoms with Gasteiger partial charge in [-0.15, -0.1) is 0 Å². The van der Waals surface area contributed by atoms with Crippen molar-refractivity contribution in [1.82, 2.24) is 4.57 Å². The van der Waals surface area contributed by atoms with Crippen LogP contribution in [0.3, 0.4) is 0 Å². The molecule has 316 valence electrons. The Morgan fingerprint density at radius 3 is 1.66 bits per heavy atom. The molecule has 1 aliphatic rings. The van der Waals surface area contributed by atoms with E-state index in [1.165, 1.54) is 82.8 Å². The summed E-state index contributed by atoms with van der Waals surface area (Å²) in [5.74, 6) is 0. The Morgan fingerprint density at radius 2 is 0.925 bits per heavy atom. The summed E-state index contributed by atoms with van der Waals surface area (Å²) >= 11 is 0. The van der Waals surface area contributed by atoms with Gasteiger partial charge in [0.2, 0.25) is 0 Å². The molecule has 0 aliphatic heterocycles. The van der Waals surface area contributed by atoms with E-state index in [1.807, 2.05) is 6.07 Å². The second kappa shape index (κ2) is 16.1. The fourth-order valence-electron chi connectivity index (χ4n) is 10.4. The molecule has 0 saturated carbocycles. The molecule has 13 rings (SSSR count). The Labute approximate surface area is 389 Å². The van der Waals surface area contributed by atoms with Crippen LogP contribution < -0.4 is 4.90 Å². The third-order valence-corrected chi connectivity index (χ3v) is 13.7. The van der Waals surface area contributed by atoms with Gasteiger partial charge < -0.3 is 13.9 Å². The molecule has 0 bridgehead atoms. The smallest absolute Gasteiger partial charge is 0.135 e. The Kier molecular flexibility index (Phi) is 9.31. The van der Waals surface area contributed by atoms with Crippen molar-refractivity contribution in [3.63, 3.8) is 0 Å². The van der Waals surface area contributed by atoms with Crippen molar-refractivity contribution in [2.75, 3.05) is 4.90 Å². The number of hydrogen-bond donors (Lipinski definition) is 0. The zero-order valence-electron chi connectivity index (χ0n) is 36.8. The third kappa shape index (κ3) is 6.83. The molecule has 2 aromatic heterocycles. The van der Waals surface area contributed by atoms with E-state index in [9.17, 15) is 0 Å². The molecule has 0 N–H and O–H groups in total. The fourth-order valence-corrected chi connectivity index (χ4v) is 10.4. The summed E-state index contributed by atoms with van der Waals surface area (Å²) in [6.45, 7) is 0. The summed E-state index contributed by atoms with van der Waals surface area (Å²) in [6.07, 6.45) is 6.54. The second-order valence-electron chi connectivity index (χ2n) is 17.6. The number of rotatable bonds is 8. The summed E-state index contributed by atoms with van der Waals surface area (Å²) in [6, 6.07) is 83.8. The number of hydrogen-bond acceptors (Lipinski definition) is 2. The van der Waals surface area contributed by atoms with E-state index in [0.717, 1.165) is 51.8 Å². The van der Waals surface area contributed by atoms with Crippen LogP contribution in [0.5, 0.6) is 0 Å². The molecule has 3 nitrogen and oxygen atoms in total. The minimum absolute atomic E-state index is 0.911. The van der Waals surface area contributed by atoms with Crippen molar-refractivity contribution < 1.29 is 4.42 Å². The van der Waals surface area contributed by atoms with Gasteiger partial charge in [0.1, 0.15) is 11.2 Å². The second-order valence-corrected chi connectivity index (χ2v) is 17.6. The molecule has 3 heteroatoms. The highest BCUT2D eigenvalue weighted by Crippen LogP contribution is 2.42. The standard InChI is InChI=1S/C64H44N2O/c1-2-14-46-40-50(28-27-43(46)13-1)48-16-11-15-47(39-48)44-29-34-52(35-30-44)65(60-23-7-3-19-55(60)51-33-38-64-59(42-51)58-22-6-10-26-63(58)67-64)53-36-31-45(32-37-53)49-17-12-18-54(41-49)66-61-24-8-4-20-56(61)57-21-5-9-25-62(57)66/h1-2,4-18,20-42H,3,19H2. The molecule has 0 atom stereocenters. The Hall–Kier alpha value is -8.66. The van der Waals surface area contributed by atoms with E-state index in [4.69, 9.17) is 4.42 Å². The molecule has 2 heterocycles. The van der Waals surface area contributed by atoms with Gasteiger partial charge in [-0.05, 0) is 153 Å². The number of aromatic nitrogens is 1. The Morgan fingerprint density at radius 1 is 0.373 bits per heavy atom. The fraction of sp³-hybridized carbons (Fsp3) is 0.0312. The molecule has 1 aliphatic carbocycles. The number of furan rings is 1. The monoisotopic (exact) mass is 856 g/mol. The van der Waals surface area contributed by atoms with Crippen LogP contribution in [-0.4, -0.2) is 4.57 Å². The van der Waals surface area contributed by atoms with E-state index < -0.39 is 0 Å². The Bertz CT molecular complexity index is 3870. The zero-order valence-corrected chi connectivity index (χ0v) is 36.8. The molecule has 10 aromatic carbocycles. The van der Waals surface area contributed by atoms with Crippen LogP contribution >= 0.6 is 0 Å². The normalized spacial score (nSPS) is 12.8. The van der Waals surface area contributed by atoms with Crippen molar-refractivity contribution >= 4 is 71.5 Å². The van der Waals surface area contributed by atoms with Gasteiger partial charge in [0.15, 0.2) is 0 Å². The summed E-state index contributed by atoms with van der Waals surface area (Å²) in [4.78, 5) is 2.44. The molecular formula is C64H44N2O. The first-order valence-electron chi connectivity index (χ1n) is 23.2. The van der Waals surface area contributed by atoms with Crippen LogP contribution in [0.25, 0.3) is 99.2 Å². The lowest BCUT2D eigenvalue weighted by molar-refractivity contribution is 0.669. The lowest BCUT2D eigenvalue weighted by Gasteiger charge is -2.31.